The molecule has 0 radical (unpaired) electrons. The van der Waals surface area contributed by atoms with E-state index in [2.05, 4.69) is 31.3 Å². The van der Waals surface area contributed by atoms with Crippen LogP contribution >= 0.6 is 0 Å². The van der Waals surface area contributed by atoms with E-state index in [9.17, 15) is 4.79 Å². The van der Waals surface area contributed by atoms with Crippen molar-refractivity contribution >= 4 is 11.7 Å². The summed E-state index contributed by atoms with van der Waals surface area (Å²) < 4.78 is 4.71. The molecule has 0 spiro atoms. The van der Waals surface area contributed by atoms with Gasteiger partial charge < -0.3 is 10.1 Å². The molecule has 0 amide bonds. The predicted molar refractivity (Wildman–Crippen MR) is 85.4 cm³/mol. The van der Waals surface area contributed by atoms with Crippen LogP contribution in [0.15, 0.2) is 54.6 Å². The number of hydrogen-bond acceptors (Lipinski definition) is 3. The van der Waals surface area contributed by atoms with E-state index >= 15 is 0 Å². The maximum absolute atomic E-state index is 11.4. The fraction of sp³-hybridized carbons (Fsp3) is 0.278. The molecule has 0 aromatic heterocycles. The molecule has 1 atom stereocenters. The Hall–Kier alpha value is -2.29. The summed E-state index contributed by atoms with van der Waals surface area (Å²) in [4.78, 5) is 11.4. The standard InChI is InChI=1S/C18H21NO2/c1-13(2)17(14-7-5-4-6-8-14)19-16-11-9-15(10-12-16)18(20)21-3/h4-13,17,19H,1-3H3. The maximum Gasteiger partial charge on any atom is 0.337 e. The normalized spacial score (nSPS) is 12.0. The molecule has 3 nitrogen and oxygen atoms in total. The van der Waals surface area contributed by atoms with Crippen molar-refractivity contribution in [1.82, 2.24) is 0 Å². The second-order valence-electron chi connectivity index (χ2n) is 5.35. The molecule has 0 fully saturated rings. The monoisotopic (exact) mass is 283 g/mol. The molecule has 0 saturated heterocycles. The first-order valence-electron chi connectivity index (χ1n) is 7.11. The Morgan fingerprint density at radius 3 is 2.14 bits per heavy atom. The Kier molecular flexibility index (Phi) is 4.99. The van der Waals surface area contributed by atoms with E-state index in [0.29, 0.717) is 11.5 Å². The Bertz CT molecular complexity index is 576. The van der Waals surface area contributed by atoms with Gasteiger partial charge >= 0.3 is 5.97 Å². The minimum absolute atomic E-state index is 0.232. The average molecular weight is 283 g/mol. The van der Waals surface area contributed by atoms with Crippen LogP contribution in [0.4, 0.5) is 5.69 Å². The van der Waals surface area contributed by atoms with Crippen LogP contribution in [-0.4, -0.2) is 13.1 Å². The number of benzene rings is 2. The van der Waals surface area contributed by atoms with Gasteiger partial charge in [0.15, 0.2) is 0 Å². The van der Waals surface area contributed by atoms with Crippen LogP contribution in [0.25, 0.3) is 0 Å². The van der Waals surface area contributed by atoms with E-state index in [1.54, 1.807) is 12.1 Å². The van der Waals surface area contributed by atoms with Crippen LogP contribution in [0.1, 0.15) is 35.8 Å². The Morgan fingerprint density at radius 1 is 1.00 bits per heavy atom. The lowest BCUT2D eigenvalue weighted by Gasteiger charge is -2.24. The van der Waals surface area contributed by atoms with Gasteiger partial charge in [-0.25, -0.2) is 4.79 Å². The zero-order chi connectivity index (χ0) is 15.2. The quantitative estimate of drug-likeness (QED) is 0.832. The van der Waals surface area contributed by atoms with Crippen LogP contribution in [-0.2, 0) is 4.74 Å². The zero-order valence-corrected chi connectivity index (χ0v) is 12.7. The molecular weight excluding hydrogens is 262 g/mol. The number of esters is 1. The SMILES string of the molecule is COC(=O)c1ccc(NC(c2ccccc2)C(C)C)cc1. The molecule has 2 aromatic carbocycles. The van der Waals surface area contributed by atoms with Gasteiger partial charge in [-0.15, -0.1) is 0 Å². The van der Waals surface area contributed by atoms with Crippen molar-refractivity contribution in [2.75, 3.05) is 12.4 Å². The molecule has 21 heavy (non-hydrogen) atoms. The molecule has 0 saturated carbocycles. The first-order valence-corrected chi connectivity index (χ1v) is 7.11. The maximum atomic E-state index is 11.4. The van der Waals surface area contributed by atoms with Crippen LogP contribution in [0.3, 0.4) is 0 Å². The lowest BCUT2D eigenvalue weighted by Crippen LogP contribution is -2.16. The number of ether oxygens (including phenoxy) is 1. The summed E-state index contributed by atoms with van der Waals surface area (Å²) in [6.07, 6.45) is 0. The van der Waals surface area contributed by atoms with Crippen molar-refractivity contribution in [3.05, 3.63) is 65.7 Å². The van der Waals surface area contributed by atoms with Gasteiger partial charge in [-0.1, -0.05) is 44.2 Å². The van der Waals surface area contributed by atoms with E-state index in [1.807, 2.05) is 30.3 Å². The van der Waals surface area contributed by atoms with Crippen molar-refractivity contribution in [3.63, 3.8) is 0 Å². The van der Waals surface area contributed by atoms with E-state index in [4.69, 9.17) is 4.74 Å². The van der Waals surface area contributed by atoms with E-state index in [-0.39, 0.29) is 12.0 Å². The van der Waals surface area contributed by atoms with Crippen molar-refractivity contribution in [2.45, 2.75) is 19.9 Å². The molecular formula is C18H21NO2. The number of hydrogen-bond donors (Lipinski definition) is 1. The summed E-state index contributed by atoms with van der Waals surface area (Å²) >= 11 is 0. The zero-order valence-electron chi connectivity index (χ0n) is 12.7. The van der Waals surface area contributed by atoms with E-state index in [0.717, 1.165) is 5.69 Å². The Labute approximate surface area is 126 Å². The van der Waals surface area contributed by atoms with Crippen LogP contribution in [0, 0.1) is 5.92 Å². The van der Waals surface area contributed by atoms with Gasteiger partial charge in [0, 0.05) is 5.69 Å². The lowest BCUT2D eigenvalue weighted by atomic mass is 9.95. The third-order valence-electron chi connectivity index (χ3n) is 3.45. The molecule has 0 aliphatic carbocycles. The molecule has 0 aliphatic heterocycles. The van der Waals surface area contributed by atoms with Crippen molar-refractivity contribution < 1.29 is 9.53 Å². The van der Waals surface area contributed by atoms with Gasteiger partial charge in [-0.3, -0.25) is 0 Å². The molecule has 0 heterocycles. The summed E-state index contributed by atoms with van der Waals surface area (Å²) in [5.41, 5.74) is 2.80. The number of nitrogens with one attached hydrogen (secondary N) is 1. The number of anilines is 1. The Balaban J connectivity index is 2.16. The van der Waals surface area contributed by atoms with Gasteiger partial charge in [0.05, 0.1) is 18.7 Å². The second kappa shape index (κ2) is 6.93. The summed E-state index contributed by atoms with van der Waals surface area (Å²) in [6, 6.07) is 18.0. The third kappa shape index (κ3) is 3.85. The summed E-state index contributed by atoms with van der Waals surface area (Å²) in [7, 11) is 1.39. The summed E-state index contributed by atoms with van der Waals surface area (Å²) in [5.74, 6) is 0.137. The first-order chi connectivity index (χ1) is 10.1. The molecule has 2 aromatic rings. The number of carbonyl (C=O) groups excluding carboxylic acids is 1. The molecule has 3 heteroatoms. The highest BCUT2D eigenvalue weighted by molar-refractivity contribution is 5.89. The fourth-order valence-electron chi connectivity index (χ4n) is 2.30. The van der Waals surface area contributed by atoms with Crippen molar-refractivity contribution in [1.29, 1.82) is 0 Å². The summed E-state index contributed by atoms with van der Waals surface area (Å²) in [6.45, 7) is 4.38. The lowest BCUT2D eigenvalue weighted by molar-refractivity contribution is 0.0601. The average Bonchev–Trinajstić information content (AvgIpc) is 2.53. The fourth-order valence-corrected chi connectivity index (χ4v) is 2.30. The highest BCUT2D eigenvalue weighted by atomic mass is 16.5. The molecule has 0 bridgehead atoms. The van der Waals surface area contributed by atoms with Gasteiger partial charge in [0.25, 0.3) is 0 Å². The largest absolute Gasteiger partial charge is 0.465 e. The highest BCUT2D eigenvalue weighted by Gasteiger charge is 2.15. The Morgan fingerprint density at radius 2 is 1.62 bits per heavy atom. The molecule has 2 rings (SSSR count). The van der Waals surface area contributed by atoms with E-state index in [1.165, 1.54) is 12.7 Å². The van der Waals surface area contributed by atoms with Gasteiger partial charge in [-0.2, -0.15) is 0 Å². The minimum Gasteiger partial charge on any atom is -0.465 e. The van der Waals surface area contributed by atoms with Gasteiger partial charge in [-0.05, 0) is 35.7 Å². The number of methoxy groups -OCH3 is 1. The van der Waals surface area contributed by atoms with Crippen molar-refractivity contribution in [3.8, 4) is 0 Å². The molecule has 1 N–H and O–H groups in total. The van der Waals surface area contributed by atoms with Gasteiger partial charge in [0.1, 0.15) is 0 Å². The number of rotatable bonds is 5. The van der Waals surface area contributed by atoms with Crippen LogP contribution in [0.2, 0.25) is 0 Å². The molecule has 1 unspecified atom stereocenters. The number of carbonyl (C=O) groups is 1. The smallest absolute Gasteiger partial charge is 0.337 e. The van der Waals surface area contributed by atoms with Crippen LogP contribution in [0.5, 0.6) is 0 Å². The molecule has 110 valence electrons. The van der Waals surface area contributed by atoms with Crippen LogP contribution < -0.4 is 5.32 Å². The molecule has 0 aliphatic rings. The van der Waals surface area contributed by atoms with E-state index < -0.39 is 0 Å². The first kappa shape index (κ1) is 15.1. The minimum atomic E-state index is -0.315. The topological polar surface area (TPSA) is 38.3 Å². The highest BCUT2D eigenvalue weighted by Crippen LogP contribution is 2.26. The third-order valence-corrected chi connectivity index (χ3v) is 3.45. The van der Waals surface area contributed by atoms with Gasteiger partial charge in [0.2, 0.25) is 0 Å². The van der Waals surface area contributed by atoms with Crippen molar-refractivity contribution in [2.24, 2.45) is 5.92 Å². The summed E-state index contributed by atoms with van der Waals surface area (Å²) in [5, 5.41) is 3.53. The predicted octanol–water partition coefficient (Wildman–Crippen LogP) is 4.28. The second-order valence-corrected chi connectivity index (χ2v) is 5.35.